The normalized spacial score (nSPS) is 20.9. The predicted molar refractivity (Wildman–Crippen MR) is 84.3 cm³/mol. The van der Waals surface area contributed by atoms with Gasteiger partial charge in [0.05, 0.1) is 18.0 Å². The van der Waals surface area contributed by atoms with Gasteiger partial charge in [-0.3, -0.25) is 4.79 Å². The van der Waals surface area contributed by atoms with Crippen LogP contribution in [-0.2, 0) is 4.74 Å². The number of hydrogen-bond donors (Lipinski definition) is 0. The maximum Gasteiger partial charge on any atom is 0.276 e. The summed E-state index contributed by atoms with van der Waals surface area (Å²) in [5.74, 6) is 0.690. The van der Waals surface area contributed by atoms with Crippen LogP contribution in [0.1, 0.15) is 29.8 Å². The van der Waals surface area contributed by atoms with E-state index in [0.717, 1.165) is 31.2 Å². The van der Waals surface area contributed by atoms with Crippen molar-refractivity contribution >= 4 is 5.91 Å². The van der Waals surface area contributed by atoms with Gasteiger partial charge in [0.2, 0.25) is 0 Å². The van der Waals surface area contributed by atoms with E-state index in [1.807, 2.05) is 35.2 Å². The summed E-state index contributed by atoms with van der Waals surface area (Å²) in [6, 6.07) is 9.59. The molecule has 6 nitrogen and oxygen atoms in total. The molecule has 1 aliphatic carbocycles. The third-order valence-electron chi connectivity index (χ3n) is 4.39. The fraction of sp³-hybridized carbons (Fsp3) is 0.471. The molecule has 1 aromatic heterocycles. The lowest BCUT2D eigenvalue weighted by Crippen LogP contribution is -2.30. The first-order chi connectivity index (χ1) is 11.3. The number of likely N-dealkylation sites (tertiary alicyclic amines) is 1. The van der Waals surface area contributed by atoms with E-state index in [-0.39, 0.29) is 12.0 Å². The molecule has 1 aliphatic heterocycles. The molecule has 1 saturated heterocycles. The van der Waals surface area contributed by atoms with Crippen LogP contribution in [0, 0.1) is 5.92 Å². The minimum absolute atomic E-state index is 0.0651. The molecule has 6 heteroatoms. The van der Waals surface area contributed by atoms with Crippen LogP contribution in [0.25, 0.3) is 5.69 Å². The van der Waals surface area contributed by atoms with Gasteiger partial charge in [0.1, 0.15) is 0 Å². The molecule has 0 spiro atoms. The fourth-order valence-corrected chi connectivity index (χ4v) is 2.81. The molecule has 1 saturated carbocycles. The van der Waals surface area contributed by atoms with E-state index in [4.69, 9.17) is 4.74 Å². The van der Waals surface area contributed by atoms with Crippen molar-refractivity contribution < 1.29 is 9.53 Å². The third-order valence-corrected chi connectivity index (χ3v) is 4.39. The van der Waals surface area contributed by atoms with Gasteiger partial charge in [-0.25, -0.2) is 0 Å². The standard InChI is InChI=1S/C17H20N4O2/c22-17(20-9-8-15(11-20)23-12-13-6-7-13)16-10-18-21(19-16)14-4-2-1-3-5-14/h1-5,10,13,15H,6-9,11-12H2. The van der Waals surface area contributed by atoms with Gasteiger partial charge in [-0.15, -0.1) is 5.10 Å². The number of benzene rings is 1. The Hall–Kier alpha value is -2.21. The summed E-state index contributed by atoms with van der Waals surface area (Å²) in [7, 11) is 0. The van der Waals surface area contributed by atoms with Gasteiger partial charge in [-0.2, -0.15) is 9.90 Å². The van der Waals surface area contributed by atoms with Crippen LogP contribution >= 0.6 is 0 Å². The van der Waals surface area contributed by atoms with Gasteiger partial charge >= 0.3 is 0 Å². The second kappa shape index (κ2) is 6.12. The van der Waals surface area contributed by atoms with Crippen LogP contribution in [0.4, 0.5) is 0 Å². The average molecular weight is 312 g/mol. The minimum atomic E-state index is -0.0651. The van der Waals surface area contributed by atoms with Crippen LogP contribution in [0.5, 0.6) is 0 Å². The quantitative estimate of drug-likeness (QED) is 0.846. The molecule has 2 aromatic rings. The Balaban J connectivity index is 1.38. The summed E-state index contributed by atoms with van der Waals surface area (Å²) in [6.07, 6.45) is 5.19. The van der Waals surface area contributed by atoms with Crippen LogP contribution in [0.15, 0.2) is 36.5 Å². The van der Waals surface area contributed by atoms with Crippen molar-refractivity contribution in [2.45, 2.75) is 25.4 Å². The number of rotatable bonds is 5. The number of carbonyl (C=O) groups excluding carboxylic acids is 1. The Bertz CT molecular complexity index is 681. The maximum absolute atomic E-state index is 12.5. The maximum atomic E-state index is 12.5. The Labute approximate surface area is 135 Å². The lowest BCUT2D eigenvalue weighted by Gasteiger charge is -2.15. The molecule has 2 heterocycles. The summed E-state index contributed by atoms with van der Waals surface area (Å²) in [6.45, 7) is 2.23. The number of para-hydroxylation sites is 1. The monoisotopic (exact) mass is 312 g/mol. The van der Waals surface area contributed by atoms with Gasteiger partial charge in [-0.05, 0) is 37.3 Å². The van der Waals surface area contributed by atoms with E-state index in [2.05, 4.69) is 10.2 Å². The molecule has 2 aliphatic rings. The van der Waals surface area contributed by atoms with E-state index >= 15 is 0 Å². The van der Waals surface area contributed by atoms with Crippen LogP contribution < -0.4 is 0 Å². The molecule has 23 heavy (non-hydrogen) atoms. The highest BCUT2D eigenvalue weighted by atomic mass is 16.5. The van der Waals surface area contributed by atoms with E-state index in [0.29, 0.717) is 12.2 Å². The zero-order valence-corrected chi connectivity index (χ0v) is 13.0. The predicted octanol–water partition coefficient (Wildman–Crippen LogP) is 1.91. The smallest absolute Gasteiger partial charge is 0.276 e. The Kier molecular flexibility index (Phi) is 3.83. The molecule has 0 radical (unpaired) electrons. The molecule has 0 bridgehead atoms. The van der Waals surface area contributed by atoms with Crippen molar-refractivity contribution in [1.29, 1.82) is 0 Å². The first-order valence-electron chi connectivity index (χ1n) is 8.18. The highest BCUT2D eigenvalue weighted by Gasteiger charge is 2.30. The number of aromatic nitrogens is 3. The van der Waals surface area contributed by atoms with Crippen LogP contribution in [0.3, 0.4) is 0 Å². The Morgan fingerprint density at radius 2 is 2.04 bits per heavy atom. The van der Waals surface area contributed by atoms with Crippen molar-refractivity contribution in [3.8, 4) is 5.69 Å². The van der Waals surface area contributed by atoms with E-state index in [1.54, 1.807) is 0 Å². The Morgan fingerprint density at radius 3 is 2.83 bits per heavy atom. The average Bonchev–Trinajstić information content (AvgIpc) is 3.11. The van der Waals surface area contributed by atoms with Gasteiger partial charge in [0.25, 0.3) is 5.91 Å². The topological polar surface area (TPSA) is 60.2 Å². The van der Waals surface area contributed by atoms with E-state index < -0.39 is 0 Å². The van der Waals surface area contributed by atoms with Crippen molar-refractivity contribution in [2.24, 2.45) is 5.92 Å². The zero-order valence-electron chi connectivity index (χ0n) is 13.0. The molecule has 2 fully saturated rings. The molecule has 1 atom stereocenters. The Morgan fingerprint density at radius 1 is 1.22 bits per heavy atom. The lowest BCUT2D eigenvalue weighted by molar-refractivity contribution is 0.0479. The van der Waals surface area contributed by atoms with Gasteiger partial charge in [0.15, 0.2) is 5.69 Å². The SMILES string of the molecule is O=C(c1cnn(-c2ccccc2)n1)N1CCC(OCC2CC2)C1. The first-order valence-corrected chi connectivity index (χ1v) is 8.18. The highest BCUT2D eigenvalue weighted by molar-refractivity contribution is 5.92. The van der Waals surface area contributed by atoms with Crippen molar-refractivity contribution in [1.82, 2.24) is 19.9 Å². The molecule has 4 rings (SSSR count). The fourth-order valence-electron chi connectivity index (χ4n) is 2.81. The number of nitrogens with zero attached hydrogens (tertiary/aromatic N) is 4. The van der Waals surface area contributed by atoms with Crippen LogP contribution in [-0.4, -0.2) is 51.6 Å². The van der Waals surface area contributed by atoms with Crippen molar-refractivity contribution in [2.75, 3.05) is 19.7 Å². The first kappa shape index (κ1) is 14.4. The summed E-state index contributed by atoms with van der Waals surface area (Å²) in [5, 5.41) is 8.50. The van der Waals surface area contributed by atoms with Crippen molar-refractivity contribution in [3.05, 3.63) is 42.2 Å². The molecule has 0 N–H and O–H groups in total. The molecular weight excluding hydrogens is 292 g/mol. The molecule has 1 unspecified atom stereocenters. The summed E-state index contributed by atoms with van der Waals surface area (Å²) >= 11 is 0. The van der Waals surface area contributed by atoms with Gasteiger partial charge < -0.3 is 9.64 Å². The van der Waals surface area contributed by atoms with Gasteiger partial charge in [0, 0.05) is 19.7 Å². The number of amides is 1. The third kappa shape index (κ3) is 3.27. The van der Waals surface area contributed by atoms with E-state index in [1.165, 1.54) is 23.8 Å². The molecular formula is C17H20N4O2. The minimum Gasteiger partial charge on any atom is -0.376 e. The number of ether oxygens (including phenoxy) is 1. The second-order valence-electron chi connectivity index (χ2n) is 6.29. The lowest BCUT2D eigenvalue weighted by atomic mass is 10.3. The number of carbonyl (C=O) groups is 1. The van der Waals surface area contributed by atoms with Crippen molar-refractivity contribution in [3.63, 3.8) is 0 Å². The van der Waals surface area contributed by atoms with E-state index in [9.17, 15) is 4.79 Å². The zero-order chi connectivity index (χ0) is 15.6. The summed E-state index contributed by atoms with van der Waals surface area (Å²) in [5.41, 5.74) is 1.23. The second-order valence-corrected chi connectivity index (χ2v) is 6.29. The summed E-state index contributed by atoms with van der Waals surface area (Å²) in [4.78, 5) is 15.8. The molecule has 120 valence electrons. The molecule has 1 amide bonds. The summed E-state index contributed by atoms with van der Waals surface area (Å²) < 4.78 is 5.88. The molecule has 1 aromatic carbocycles. The largest absolute Gasteiger partial charge is 0.376 e. The number of hydrogen-bond acceptors (Lipinski definition) is 4. The van der Waals surface area contributed by atoms with Gasteiger partial charge in [-0.1, -0.05) is 18.2 Å². The highest BCUT2D eigenvalue weighted by Crippen LogP contribution is 2.30. The van der Waals surface area contributed by atoms with Crippen LogP contribution in [0.2, 0.25) is 0 Å².